The first-order valence-electron chi connectivity index (χ1n) is 6.95. The van der Waals surface area contributed by atoms with Crippen LogP contribution in [0.15, 0.2) is 0 Å². The summed E-state index contributed by atoms with van der Waals surface area (Å²) in [6, 6.07) is 0.439. The highest BCUT2D eigenvalue weighted by molar-refractivity contribution is 5.85. The highest BCUT2D eigenvalue weighted by Gasteiger charge is 2.32. The molecule has 19 heavy (non-hydrogen) atoms. The van der Waals surface area contributed by atoms with E-state index in [0.717, 1.165) is 19.5 Å². The fourth-order valence-electron chi connectivity index (χ4n) is 2.96. The van der Waals surface area contributed by atoms with Gasteiger partial charge in [0.05, 0.1) is 0 Å². The van der Waals surface area contributed by atoms with Crippen LogP contribution in [0, 0.1) is 5.92 Å². The first-order chi connectivity index (χ1) is 8.22. The lowest BCUT2D eigenvalue weighted by Crippen LogP contribution is -2.45. The molecule has 0 aromatic carbocycles. The minimum absolute atomic E-state index is 0. The number of carbonyl (C=O) groups is 1. The van der Waals surface area contributed by atoms with Crippen LogP contribution in [-0.2, 0) is 4.79 Å². The minimum Gasteiger partial charge on any atom is -0.338 e. The molecular formula is C13H27Cl2N3O. The SMILES string of the molecule is CC(CN)C(=O)N1CCCC1CN1CCCC1.Cl.Cl. The molecule has 2 rings (SSSR count). The maximum Gasteiger partial charge on any atom is 0.226 e. The maximum absolute atomic E-state index is 12.2. The molecule has 2 aliphatic rings. The summed E-state index contributed by atoms with van der Waals surface area (Å²) in [5.74, 6) is 0.239. The molecule has 2 fully saturated rings. The van der Waals surface area contributed by atoms with Gasteiger partial charge < -0.3 is 15.5 Å². The minimum atomic E-state index is -0.0193. The molecule has 0 saturated carbocycles. The Morgan fingerprint density at radius 2 is 1.84 bits per heavy atom. The van der Waals surface area contributed by atoms with Crippen molar-refractivity contribution in [2.75, 3.05) is 32.7 Å². The van der Waals surface area contributed by atoms with Crippen molar-refractivity contribution in [1.29, 1.82) is 0 Å². The number of carbonyl (C=O) groups excluding carboxylic acids is 1. The van der Waals surface area contributed by atoms with Crippen LogP contribution in [0.5, 0.6) is 0 Å². The Bertz CT molecular complexity index is 273. The highest BCUT2D eigenvalue weighted by Crippen LogP contribution is 2.22. The molecule has 6 heteroatoms. The summed E-state index contributed by atoms with van der Waals surface area (Å²) in [5, 5.41) is 0. The van der Waals surface area contributed by atoms with Crippen LogP contribution >= 0.6 is 24.8 Å². The van der Waals surface area contributed by atoms with Gasteiger partial charge in [-0.15, -0.1) is 24.8 Å². The second kappa shape index (κ2) is 9.01. The zero-order valence-electron chi connectivity index (χ0n) is 11.7. The number of halogens is 2. The molecule has 2 heterocycles. The Hall–Kier alpha value is -0.0300. The first-order valence-corrected chi connectivity index (χ1v) is 6.95. The lowest BCUT2D eigenvalue weighted by Gasteiger charge is -2.30. The number of hydrogen-bond donors (Lipinski definition) is 1. The Morgan fingerprint density at radius 1 is 1.21 bits per heavy atom. The molecule has 0 bridgehead atoms. The van der Waals surface area contributed by atoms with E-state index in [1.54, 1.807) is 0 Å². The molecule has 2 aliphatic heterocycles. The molecule has 0 aromatic rings. The Balaban J connectivity index is 0.00000162. The van der Waals surface area contributed by atoms with E-state index in [1.807, 2.05) is 6.92 Å². The molecule has 4 nitrogen and oxygen atoms in total. The Kier molecular flexibility index (Phi) is 8.99. The van der Waals surface area contributed by atoms with Crippen molar-refractivity contribution in [2.24, 2.45) is 11.7 Å². The van der Waals surface area contributed by atoms with Gasteiger partial charge >= 0.3 is 0 Å². The molecule has 114 valence electrons. The van der Waals surface area contributed by atoms with Gasteiger partial charge in [-0.2, -0.15) is 0 Å². The smallest absolute Gasteiger partial charge is 0.226 e. The number of hydrogen-bond acceptors (Lipinski definition) is 3. The topological polar surface area (TPSA) is 49.6 Å². The predicted octanol–water partition coefficient (Wildman–Crippen LogP) is 1.51. The molecule has 0 radical (unpaired) electrons. The Labute approximate surface area is 128 Å². The summed E-state index contributed by atoms with van der Waals surface area (Å²) < 4.78 is 0. The van der Waals surface area contributed by atoms with Crippen LogP contribution in [0.25, 0.3) is 0 Å². The van der Waals surface area contributed by atoms with Crippen LogP contribution in [0.3, 0.4) is 0 Å². The lowest BCUT2D eigenvalue weighted by atomic mass is 10.1. The van der Waals surface area contributed by atoms with Crippen molar-refractivity contribution < 1.29 is 4.79 Å². The van der Waals surface area contributed by atoms with Gasteiger partial charge in [-0.3, -0.25) is 4.79 Å². The van der Waals surface area contributed by atoms with Crippen LogP contribution in [0.4, 0.5) is 0 Å². The van der Waals surface area contributed by atoms with Crippen molar-refractivity contribution >= 4 is 30.7 Å². The van der Waals surface area contributed by atoms with Gasteiger partial charge in [-0.05, 0) is 38.8 Å². The summed E-state index contributed by atoms with van der Waals surface area (Å²) in [6.45, 7) is 6.83. The molecule has 2 saturated heterocycles. The lowest BCUT2D eigenvalue weighted by molar-refractivity contribution is -0.135. The molecular weight excluding hydrogens is 285 g/mol. The number of nitrogens with two attached hydrogens (primary N) is 1. The van der Waals surface area contributed by atoms with Crippen molar-refractivity contribution in [3.05, 3.63) is 0 Å². The summed E-state index contributed by atoms with van der Waals surface area (Å²) in [4.78, 5) is 16.8. The van der Waals surface area contributed by atoms with E-state index in [-0.39, 0.29) is 36.6 Å². The predicted molar refractivity (Wildman–Crippen MR) is 83.1 cm³/mol. The van der Waals surface area contributed by atoms with Gasteiger partial charge in [0.2, 0.25) is 5.91 Å². The van der Waals surface area contributed by atoms with Crippen molar-refractivity contribution in [2.45, 2.75) is 38.6 Å². The van der Waals surface area contributed by atoms with Gasteiger partial charge in [-0.1, -0.05) is 6.92 Å². The fraction of sp³-hybridized carbons (Fsp3) is 0.923. The monoisotopic (exact) mass is 311 g/mol. The van der Waals surface area contributed by atoms with Crippen LogP contribution in [0.2, 0.25) is 0 Å². The van der Waals surface area contributed by atoms with E-state index >= 15 is 0 Å². The number of amides is 1. The van der Waals surface area contributed by atoms with E-state index in [2.05, 4.69) is 9.80 Å². The van der Waals surface area contributed by atoms with Gasteiger partial charge in [0.15, 0.2) is 0 Å². The van der Waals surface area contributed by atoms with E-state index in [4.69, 9.17) is 5.73 Å². The average Bonchev–Trinajstić information content (AvgIpc) is 2.99. The largest absolute Gasteiger partial charge is 0.338 e. The normalized spacial score (nSPS) is 24.7. The van der Waals surface area contributed by atoms with Crippen molar-refractivity contribution in [3.63, 3.8) is 0 Å². The molecule has 0 spiro atoms. The fourth-order valence-corrected chi connectivity index (χ4v) is 2.96. The van der Waals surface area contributed by atoms with Crippen LogP contribution in [-0.4, -0.2) is 54.5 Å². The highest BCUT2D eigenvalue weighted by atomic mass is 35.5. The quantitative estimate of drug-likeness (QED) is 0.856. The second-order valence-electron chi connectivity index (χ2n) is 5.47. The van der Waals surface area contributed by atoms with Crippen LogP contribution < -0.4 is 5.73 Å². The molecule has 0 aliphatic carbocycles. The van der Waals surface area contributed by atoms with E-state index in [1.165, 1.54) is 32.4 Å². The van der Waals surface area contributed by atoms with Crippen molar-refractivity contribution in [3.8, 4) is 0 Å². The zero-order chi connectivity index (χ0) is 12.3. The maximum atomic E-state index is 12.2. The molecule has 1 amide bonds. The van der Waals surface area contributed by atoms with Gasteiger partial charge in [-0.25, -0.2) is 0 Å². The molecule has 2 atom stereocenters. The van der Waals surface area contributed by atoms with Gasteiger partial charge in [0, 0.05) is 31.6 Å². The second-order valence-corrected chi connectivity index (χ2v) is 5.47. The third kappa shape index (κ3) is 4.78. The summed E-state index contributed by atoms with van der Waals surface area (Å²) in [6.07, 6.45) is 4.96. The van der Waals surface area contributed by atoms with E-state index in [9.17, 15) is 4.79 Å². The summed E-state index contributed by atoms with van der Waals surface area (Å²) >= 11 is 0. The molecule has 2 unspecified atom stereocenters. The zero-order valence-corrected chi connectivity index (χ0v) is 13.3. The van der Waals surface area contributed by atoms with Crippen molar-refractivity contribution in [1.82, 2.24) is 9.80 Å². The number of likely N-dealkylation sites (tertiary alicyclic amines) is 2. The van der Waals surface area contributed by atoms with Gasteiger partial charge in [0.25, 0.3) is 0 Å². The van der Waals surface area contributed by atoms with E-state index < -0.39 is 0 Å². The number of rotatable bonds is 4. The standard InChI is InChI=1S/C13H25N3O.2ClH/c1-11(9-14)13(17)16-8-4-5-12(16)10-15-6-2-3-7-15;;/h11-12H,2-10,14H2,1H3;2*1H. The molecule has 2 N–H and O–H groups in total. The molecule has 0 aromatic heterocycles. The van der Waals surface area contributed by atoms with E-state index in [0.29, 0.717) is 12.6 Å². The number of nitrogens with zero attached hydrogens (tertiary/aromatic N) is 2. The van der Waals surface area contributed by atoms with Gasteiger partial charge in [0.1, 0.15) is 0 Å². The first kappa shape index (κ1) is 19.0. The summed E-state index contributed by atoms with van der Waals surface area (Å²) in [7, 11) is 0. The third-order valence-electron chi connectivity index (χ3n) is 4.10. The third-order valence-corrected chi connectivity index (χ3v) is 4.10. The Morgan fingerprint density at radius 3 is 2.42 bits per heavy atom. The summed E-state index contributed by atoms with van der Waals surface area (Å²) in [5.41, 5.74) is 5.59. The van der Waals surface area contributed by atoms with Crippen LogP contribution in [0.1, 0.15) is 32.6 Å². The average molecular weight is 312 g/mol.